The lowest BCUT2D eigenvalue weighted by atomic mass is 10.3. The van der Waals surface area contributed by atoms with E-state index >= 15 is 0 Å². The maximum atomic E-state index is 11.8. The van der Waals surface area contributed by atoms with E-state index in [1.54, 1.807) is 11.4 Å². The van der Waals surface area contributed by atoms with E-state index in [-0.39, 0.29) is 12.5 Å². The number of amides is 1. The smallest absolute Gasteiger partial charge is 0.328 e. The quantitative estimate of drug-likeness (QED) is 0.676. The zero-order valence-corrected chi connectivity index (χ0v) is 10.3. The highest BCUT2D eigenvalue weighted by molar-refractivity contribution is 7.11. The van der Waals surface area contributed by atoms with Crippen molar-refractivity contribution in [3.05, 3.63) is 33.8 Å². The third-order valence-electron chi connectivity index (χ3n) is 2.07. The number of rotatable bonds is 5. The van der Waals surface area contributed by atoms with Crippen LogP contribution in [0.5, 0.6) is 0 Å². The first-order valence-corrected chi connectivity index (χ1v) is 6.03. The van der Waals surface area contributed by atoms with Crippen LogP contribution in [0.4, 0.5) is 0 Å². The summed E-state index contributed by atoms with van der Waals surface area (Å²) in [5.41, 5.74) is 0.457. The fraction of sp³-hybridized carbons (Fsp3) is 0.100. The van der Waals surface area contributed by atoms with Crippen LogP contribution in [0.3, 0.4) is 0 Å². The van der Waals surface area contributed by atoms with Gasteiger partial charge in [0.15, 0.2) is 5.82 Å². The molecule has 0 aliphatic carbocycles. The van der Waals surface area contributed by atoms with Crippen LogP contribution in [0, 0.1) is 0 Å². The van der Waals surface area contributed by atoms with Crippen LogP contribution in [0.25, 0.3) is 6.08 Å². The van der Waals surface area contributed by atoms with Crippen molar-refractivity contribution in [2.45, 2.75) is 6.54 Å². The molecule has 2 rings (SSSR count). The molecule has 0 atom stereocenters. The fourth-order valence-electron chi connectivity index (χ4n) is 1.23. The van der Waals surface area contributed by atoms with Gasteiger partial charge in [-0.1, -0.05) is 5.21 Å². The van der Waals surface area contributed by atoms with E-state index in [1.807, 2.05) is 0 Å². The molecule has 2 aromatic heterocycles. The van der Waals surface area contributed by atoms with Crippen molar-refractivity contribution >= 4 is 29.3 Å². The first-order valence-electron chi connectivity index (χ1n) is 5.15. The molecule has 19 heavy (non-hydrogen) atoms. The summed E-state index contributed by atoms with van der Waals surface area (Å²) in [6, 6.07) is 1.61. The molecular formula is C10H9N5O3S. The van der Waals surface area contributed by atoms with Crippen molar-refractivity contribution in [3.8, 4) is 0 Å². The molecule has 0 aromatic carbocycles. The van der Waals surface area contributed by atoms with E-state index in [4.69, 9.17) is 5.11 Å². The zero-order chi connectivity index (χ0) is 13.7. The van der Waals surface area contributed by atoms with Crippen LogP contribution in [0.2, 0.25) is 0 Å². The SMILES string of the molecule is O=C(O)C=Cc1cc(C(=O)NCc2nn[nH]n2)cs1. The summed E-state index contributed by atoms with van der Waals surface area (Å²) in [6.45, 7) is 0.172. The first-order chi connectivity index (χ1) is 9.15. The summed E-state index contributed by atoms with van der Waals surface area (Å²) in [6.07, 6.45) is 2.45. The van der Waals surface area contributed by atoms with Crippen LogP contribution in [0.15, 0.2) is 17.5 Å². The van der Waals surface area contributed by atoms with Crippen LogP contribution in [-0.4, -0.2) is 37.6 Å². The van der Waals surface area contributed by atoms with Gasteiger partial charge in [-0.3, -0.25) is 4.79 Å². The molecule has 0 radical (unpaired) electrons. The topological polar surface area (TPSA) is 121 Å². The minimum atomic E-state index is -1.03. The minimum Gasteiger partial charge on any atom is -0.478 e. The van der Waals surface area contributed by atoms with Gasteiger partial charge >= 0.3 is 5.97 Å². The van der Waals surface area contributed by atoms with Gasteiger partial charge in [-0.15, -0.1) is 21.5 Å². The largest absolute Gasteiger partial charge is 0.478 e. The predicted octanol–water partition coefficient (Wildman–Crippen LogP) is 0.289. The number of hydrogen-bond donors (Lipinski definition) is 3. The lowest BCUT2D eigenvalue weighted by Crippen LogP contribution is -2.22. The summed E-state index contributed by atoms with van der Waals surface area (Å²) >= 11 is 1.28. The van der Waals surface area contributed by atoms with Crippen molar-refractivity contribution in [1.29, 1.82) is 0 Å². The number of H-pyrrole nitrogens is 1. The minimum absolute atomic E-state index is 0.172. The van der Waals surface area contributed by atoms with Gasteiger partial charge in [-0.05, 0) is 12.1 Å². The molecule has 98 valence electrons. The number of carboxylic acids is 1. The van der Waals surface area contributed by atoms with Gasteiger partial charge in [0.1, 0.15) is 0 Å². The number of aromatic amines is 1. The van der Waals surface area contributed by atoms with E-state index in [1.165, 1.54) is 17.4 Å². The Morgan fingerprint density at radius 2 is 2.37 bits per heavy atom. The number of nitrogens with one attached hydrogen (secondary N) is 2. The Kier molecular flexibility index (Phi) is 3.98. The summed E-state index contributed by atoms with van der Waals surface area (Å²) in [7, 11) is 0. The average molecular weight is 279 g/mol. The van der Waals surface area contributed by atoms with E-state index < -0.39 is 5.97 Å². The number of hydrogen-bond acceptors (Lipinski definition) is 6. The second-order valence-electron chi connectivity index (χ2n) is 3.42. The number of tetrazole rings is 1. The molecule has 0 fully saturated rings. The Balaban J connectivity index is 1.94. The average Bonchev–Trinajstić information content (AvgIpc) is 3.04. The van der Waals surface area contributed by atoms with Gasteiger partial charge in [-0.2, -0.15) is 5.21 Å². The fourth-order valence-corrected chi connectivity index (χ4v) is 2.01. The highest BCUT2D eigenvalue weighted by atomic mass is 32.1. The molecule has 1 amide bonds. The monoisotopic (exact) mass is 279 g/mol. The Labute approximate surface area is 111 Å². The Bertz CT molecular complexity index is 604. The Morgan fingerprint density at radius 3 is 3.05 bits per heavy atom. The van der Waals surface area contributed by atoms with E-state index in [0.29, 0.717) is 16.3 Å². The second kappa shape index (κ2) is 5.87. The lowest BCUT2D eigenvalue weighted by Gasteiger charge is -1.98. The highest BCUT2D eigenvalue weighted by Gasteiger charge is 2.08. The molecule has 8 nitrogen and oxygen atoms in total. The maximum absolute atomic E-state index is 11.8. The van der Waals surface area contributed by atoms with Crippen molar-refractivity contribution in [2.75, 3.05) is 0 Å². The van der Waals surface area contributed by atoms with Gasteiger partial charge in [0.2, 0.25) is 0 Å². The number of aromatic nitrogens is 4. The summed E-state index contributed by atoms with van der Waals surface area (Å²) < 4.78 is 0. The van der Waals surface area contributed by atoms with Gasteiger partial charge in [0.05, 0.1) is 12.1 Å². The zero-order valence-electron chi connectivity index (χ0n) is 9.53. The number of nitrogens with zero attached hydrogens (tertiary/aromatic N) is 3. The van der Waals surface area contributed by atoms with Crippen molar-refractivity contribution < 1.29 is 14.7 Å². The number of carbonyl (C=O) groups excluding carboxylic acids is 1. The standard InChI is InChI=1S/C10H9N5O3S/c16-9(17)2-1-7-3-6(5-19-7)10(18)11-4-8-12-14-15-13-8/h1-3,5H,4H2,(H,11,18)(H,16,17)(H,12,13,14,15). The van der Waals surface area contributed by atoms with Crippen LogP contribution >= 0.6 is 11.3 Å². The number of carbonyl (C=O) groups is 2. The molecule has 0 saturated carbocycles. The number of aliphatic carboxylic acids is 1. The van der Waals surface area contributed by atoms with E-state index in [0.717, 1.165) is 6.08 Å². The number of carboxylic acid groups (broad SMARTS) is 1. The van der Waals surface area contributed by atoms with Gasteiger partial charge in [0.25, 0.3) is 5.91 Å². The molecule has 0 bridgehead atoms. The molecular weight excluding hydrogens is 270 g/mol. The lowest BCUT2D eigenvalue weighted by molar-refractivity contribution is -0.131. The van der Waals surface area contributed by atoms with Crippen LogP contribution in [0.1, 0.15) is 21.1 Å². The predicted molar refractivity (Wildman–Crippen MR) is 66.3 cm³/mol. The van der Waals surface area contributed by atoms with Gasteiger partial charge < -0.3 is 10.4 Å². The Morgan fingerprint density at radius 1 is 1.53 bits per heavy atom. The normalized spacial score (nSPS) is 10.7. The van der Waals surface area contributed by atoms with Crippen molar-refractivity contribution in [1.82, 2.24) is 25.9 Å². The van der Waals surface area contributed by atoms with Crippen LogP contribution < -0.4 is 5.32 Å². The summed E-state index contributed by atoms with van der Waals surface area (Å²) in [5.74, 6) is -0.929. The third kappa shape index (κ3) is 3.71. The van der Waals surface area contributed by atoms with Crippen LogP contribution in [-0.2, 0) is 11.3 Å². The van der Waals surface area contributed by atoms with Crippen molar-refractivity contribution in [2.24, 2.45) is 0 Å². The highest BCUT2D eigenvalue weighted by Crippen LogP contribution is 2.16. The summed E-state index contributed by atoms with van der Waals surface area (Å²) in [5, 5.41) is 25.8. The first kappa shape index (κ1) is 12.9. The summed E-state index contributed by atoms with van der Waals surface area (Å²) in [4.78, 5) is 22.8. The third-order valence-corrected chi connectivity index (χ3v) is 2.97. The molecule has 0 saturated heterocycles. The van der Waals surface area contributed by atoms with E-state index in [9.17, 15) is 9.59 Å². The second-order valence-corrected chi connectivity index (χ2v) is 4.36. The molecule has 3 N–H and O–H groups in total. The molecule has 0 spiro atoms. The molecule has 9 heteroatoms. The van der Waals surface area contributed by atoms with Gasteiger partial charge in [-0.25, -0.2) is 4.79 Å². The Hall–Kier alpha value is -2.55. The molecule has 2 heterocycles. The maximum Gasteiger partial charge on any atom is 0.328 e. The van der Waals surface area contributed by atoms with Gasteiger partial charge in [0, 0.05) is 16.3 Å². The van der Waals surface area contributed by atoms with Crippen molar-refractivity contribution in [3.63, 3.8) is 0 Å². The molecule has 0 aliphatic heterocycles. The molecule has 0 unspecified atom stereocenters. The van der Waals surface area contributed by atoms with E-state index in [2.05, 4.69) is 25.9 Å². The molecule has 0 aliphatic rings. The molecule has 2 aromatic rings. The number of thiophene rings is 1.